The van der Waals surface area contributed by atoms with E-state index in [4.69, 9.17) is 10.00 Å². The van der Waals surface area contributed by atoms with Gasteiger partial charge in [0, 0.05) is 4.90 Å². The fourth-order valence-electron chi connectivity index (χ4n) is 1.53. The van der Waals surface area contributed by atoms with E-state index in [1.807, 2.05) is 6.92 Å². The van der Waals surface area contributed by atoms with Crippen LogP contribution in [-0.2, 0) is 11.2 Å². The van der Waals surface area contributed by atoms with Gasteiger partial charge < -0.3 is 4.74 Å². The minimum atomic E-state index is -0.385. The van der Waals surface area contributed by atoms with E-state index < -0.39 is 0 Å². The van der Waals surface area contributed by atoms with Crippen LogP contribution in [0.15, 0.2) is 17.0 Å². The van der Waals surface area contributed by atoms with Crippen molar-refractivity contribution in [2.45, 2.75) is 25.2 Å². The molecule has 1 rings (SSSR count). The number of benzene rings is 1. The maximum Gasteiger partial charge on any atom is 0.338 e. The number of nitrogens with zero attached hydrogens (tertiary/aromatic N) is 1. The van der Waals surface area contributed by atoms with Crippen molar-refractivity contribution in [2.24, 2.45) is 0 Å². The van der Waals surface area contributed by atoms with Gasteiger partial charge in [-0.3, -0.25) is 0 Å². The van der Waals surface area contributed by atoms with Gasteiger partial charge in [0.2, 0.25) is 0 Å². The molecule has 0 N–H and O–H groups in total. The van der Waals surface area contributed by atoms with Crippen LogP contribution in [0.1, 0.15) is 35.3 Å². The molecule has 0 aromatic heterocycles. The summed E-state index contributed by atoms with van der Waals surface area (Å²) < 4.78 is 4.94. The van der Waals surface area contributed by atoms with Gasteiger partial charge in [0.25, 0.3) is 0 Å². The first-order valence-electron chi connectivity index (χ1n) is 5.07. The first kappa shape index (κ1) is 12.6. The molecule has 1 aromatic rings. The van der Waals surface area contributed by atoms with Crippen LogP contribution < -0.4 is 0 Å². The molecule has 0 saturated heterocycles. The Morgan fingerprint density at radius 2 is 2.19 bits per heavy atom. The van der Waals surface area contributed by atoms with Crippen molar-refractivity contribution in [3.63, 3.8) is 0 Å². The van der Waals surface area contributed by atoms with Crippen molar-refractivity contribution < 1.29 is 9.53 Å². The molecule has 0 spiro atoms. The molecule has 1 aromatic carbocycles. The Bertz CT molecular complexity index is 449. The Morgan fingerprint density at radius 1 is 1.50 bits per heavy atom. The topological polar surface area (TPSA) is 50.1 Å². The number of carbonyl (C=O) groups is 1. The second-order valence-electron chi connectivity index (χ2n) is 3.17. The molecule has 16 heavy (non-hydrogen) atoms. The lowest BCUT2D eigenvalue weighted by Crippen LogP contribution is -2.09. The molecule has 0 aliphatic carbocycles. The molecule has 0 unspecified atom stereocenters. The van der Waals surface area contributed by atoms with Gasteiger partial charge in [0.15, 0.2) is 0 Å². The molecule has 0 saturated carbocycles. The molecule has 0 amide bonds. The Kier molecular flexibility index (Phi) is 4.39. The van der Waals surface area contributed by atoms with Crippen LogP contribution in [0.3, 0.4) is 0 Å². The van der Waals surface area contributed by atoms with Crippen molar-refractivity contribution in [1.82, 2.24) is 0 Å². The fourth-order valence-corrected chi connectivity index (χ4v) is 1.79. The summed E-state index contributed by atoms with van der Waals surface area (Å²) in [6.45, 7) is 3.97. The molecule has 0 fully saturated rings. The predicted molar refractivity (Wildman–Crippen MR) is 63.7 cm³/mol. The fraction of sp³-hybridized carbons (Fsp3) is 0.333. The van der Waals surface area contributed by atoms with E-state index in [0.717, 1.165) is 0 Å². The summed E-state index contributed by atoms with van der Waals surface area (Å²) in [5, 5.41) is 9.02. The maximum absolute atomic E-state index is 11.6. The average molecular weight is 235 g/mol. The van der Waals surface area contributed by atoms with Crippen LogP contribution in [0.5, 0.6) is 0 Å². The van der Waals surface area contributed by atoms with E-state index >= 15 is 0 Å². The second kappa shape index (κ2) is 5.57. The molecular weight excluding hydrogens is 222 g/mol. The highest BCUT2D eigenvalue weighted by atomic mass is 32.1. The van der Waals surface area contributed by atoms with Crippen LogP contribution >= 0.6 is 12.6 Å². The van der Waals surface area contributed by atoms with E-state index in [0.29, 0.717) is 34.6 Å². The quantitative estimate of drug-likeness (QED) is 0.647. The first-order chi connectivity index (χ1) is 7.65. The molecule has 0 bridgehead atoms. The summed E-state index contributed by atoms with van der Waals surface area (Å²) in [4.78, 5) is 12.2. The van der Waals surface area contributed by atoms with E-state index in [9.17, 15) is 4.79 Å². The molecule has 0 aliphatic rings. The molecule has 84 valence electrons. The van der Waals surface area contributed by atoms with Crippen LogP contribution in [0.2, 0.25) is 0 Å². The number of hydrogen-bond acceptors (Lipinski definition) is 4. The van der Waals surface area contributed by atoms with Crippen molar-refractivity contribution in [3.05, 3.63) is 28.8 Å². The molecule has 0 radical (unpaired) electrons. The van der Waals surface area contributed by atoms with Gasteiger partial charge >= 0.3 is 5.97 Å². The Hall–Kier alpha value is -1.47. The Balaban J connectivity index is 3.31. The van der Waals surface area contributed by atoms with Gasteiger partial charge in [0.05, 0.1) is 17.7 Å². The lowest BCUT2D eigenvalue weighted by atomic mass is 9.99. The van der Waals surface area contributed by atoms with Crippen molar-refractivity contribution >= 4 is 18.6 Å². The summed E-state index contributed by atoms with van der Waals surface area (Å²) >= 11 is 4.19. The largest absolute Gasteiger partial charge is 0.462 e. The van der Waals surface area contributed by atoms with Gasteiger partial charge in [-0.05, 0) is 31.0 Å². The average Bonchev–Trinajstić information content (AvgIpc) is 2.28. The number of thiol groups is 1. The number of nitriles is 1. The number of hydrogen-bond donors (Lipinski definition) is 1. The minimum absolute atomic E-state index is 0.326. The molecular formula is C12H13NO2S. The third-order valence-electron chi connectivity index (χ3n) is 2.25. The lowest BCUT2D eigenvalue weighted by molar-refractivity contribution is 0.0525. The normalized spacial score (nSPS) is 9.62. The zero-order valence-corrected chi connectivity index (χ0v) is 10.2. The van der Waals surface area contributed by atoms with Crippen LogP contribution in [0.25, 0.3) is 0 Å². The highest BCUT2D eigenvalue weighted by Gasteiger charge is 2.16. The minimum Gasteiger partial charge on any atom is -0.462 e. The molecule has 0 heterocycles. The number of esters is 1. The summed E-state index contributed by atoms with van der Waals surface area (Å²) in [6.07, 6.45) is 0.603. The SMILES string of the molecule is CCOC(=O)c1ccc(S)c(C#N)c1CC. The van der Waals surface area contributed by atoms with Gasteiger partial charge in [-0.15, -0.1) is 12.6 Å². The maximum atomic E-state index is 11.6. The number of rotatable bonds is 3. The smallest absolute Gasteiger partial charge is 0.338 e. The first-order valence-corrected chi connectivity index (χ1v) is 5.52. The van der Waals surface area contributed by atoms with Crippen molar-refractivity contribution in [3.8, 4) is 6.07 Å². The van der Waals surface area contributed by atoms with E-state index in [1.54, 1.807) is 19.1 Å². The van der Waals surface area contributed by atoms with Crippen LogP contribution in [0, 0.1) is 11.3 Å². The monoisotopic (exact) mass is 235 g/mol. The number of carbonyl (C=O) groups excluding carboxylic acids is 1. The zero-order chi connectivity index (χ0) is 12.1. The van der Waals surface area contributed by atoms with Crippen molar-refractivity contribution in [2.75, 3.05) is 6.61 Å². The van der Waals surface area contributed by atoms with Gasteiger partial charge in [-0.25, -0.2) is 4.79 Å². The highest BCUT2D eigenvalue weighted by molar-refractivity contribution is 7.80. The van der Waals surface area contributed by atoms with Gasteiger partial charge in [-0.1, -0.05) is 6.92 Å². The summed E-state index contributed by atoms with van der Waals surface area (Å²) in [5.41, 5.74) is 1.61. The zero-order valence-electron chi connectivity index (χ0n) is 9.28. The molecule has 4 heteroatoms. The number of ether oxygens (including phenoxy) is 1. The highest BCUT2D eigenvalue weighted by Crippen LogP contribution is 2.22. The van der Waals surface area contributed by atoms with Crippen LogP contribution in [0.4, 0.5) is 0 Å². The van der Waals surface area contributed by atoms with Gasteiger partial charge in [-0.2, -0.15) is 5.26 Å². The summed E-state index contributed by atoms with van der Waals surface area (Å²) in [7, 11) is 0. The van der Waals surface area contributed by atoms with E-state index in [1.165, 1.54) is 0 Å². The summed E-state index contributed by atoms with van der Waals surface area (Å²) in [5.74, 6) is -0.385. The Morgan fingerprint density at radius 3 is 2.69 bits per heavy atom. The van der Waals surface area contributed by atoms with Crippen molar-refractivity contribution in [1.29, 1.82) is 5.26 Å². The van der Waals surface area contributed by atoms with Crippen LogP contribution in [-0.4, -0.2) is 12.6 Å². The van der Waals surface area contributed by atoms with E-state index in [-0.39, 0.29) is 5.97 Å². The predicted octanol–water partition coefficient (Wildman–Crippen LogP) is 2.59. The third kappa shape index (κ3) is 2.37. The molecule has 0 atom stereocenters. The standard InChI is InChI=1S/C12H13NO2S/c1-3-8-9(12(14)15-4-2)5-6-11(16)10(8)7-13/h5-6,16H,3-4H2,1-2H3. The second-order valence-corrected chi connectivity index (χ2v) is 3.65. The Labute approximate surface area is 100 Å². The lowest BCUT2D eigenvalue weighted by Gasteiger charge is -2.10. The summed E-state index contributed by atoms with van der Waals surface area (Å²) in [6, 6.07) is 5.37. The third-order valence-corrected chi connectivity index (χ3v) is 2.62. The van der Waals surface area contributed by atoms with Gasteiger partial charge in [0.1, 0.15) is 6.07 Å². The van der Waals surface area contributed by atoms with E-state index in [2.05, 4.69) is 18.7 Å². The molecule has 3 nitrogen and oxygen atoms in total. The molecule has 0 aliphatic heterocycles.